The summed E-state index contributed by atoms with van der Waals surface area (Å²) in [4.78, 5) is 0. The number of alkyl halides is 6. The van der Waals surface area contributed by atoms with Crippen molar-refractivity contribution in [3.05, 3.63) is 168 Å². The summed E-state index contributed by atoms with van der Waals surface area (Å²) >= 11 is 0. The lowest BCUT2D eigenvalue weighted by molar-refractivity contribution is -0.138. The van der Waals surface area contributed by atoms with Crippen LogP contribution in [0.5, 0.6) is 0 Å². The van der Waals surface area contributed by atoms with E-state index in [4.69, 9.17) is 0 Å². The van der Waals surface area contributed by atoms with Gasteiger partial charge in [0.15, 0.2) is 0 Å². The summed E-state index contributed by atoms with van der Waals surface area (Å²) in [5.41, 5.74) is 5.90. The zero-order valence-electron chi connectivity index (χ0n) is 29.0. The molecule has 0 spiro atoms. The molecular weight excluding hydrogens is 695 g/mol. The molecule has 9 aromatic rings. The predicted octanol–water partition coefficient (Wildman–Crippen LogP) is 13.9. The van der Waals surface area contributed by atoms with Gasteiger partial charge in [-0.15, -0.1) is 0 Å². The molecule has 266 valence electrons. The topological polar surface area (TPSA) is 9.86 Å². The van der Waals surface area contributed by atoms with E-state index in [0.717, 1.165) is 55.7 Å². The lowest BCUT2D eigenvalue weighted by atomic mass is 9.89. The molecule has 7 aromatic carbocycles. The van der Waals surface area contributed by atoms with Crippen molar-refractivity contribution < 1.29 is 26.3 Å². The standard InChI is InChI=1S/C46H30F6N2/c1-27-23-36(38-26-30(46(50,51)52)20-22-44(38)54-41-17-9-5-13-33(41)34-14-6-10-18-42(34)54)28(2)24-35(27)37-25-29(45(47,48)49)19-21-43(37)53-39-15-7-3-11-31(39)32-12-4-8-16-40(32)53/h3-26H,1-2H3. The van der Waals surface area contributed by atoms with Crippen molar-refractivity contribution in [1.82, 2.24) is 9.13 Å². The second-order valence-electron chi connectivity index (χ2n) is 13.7. The van der Waals surface area contributed by atoms with Crippen molar-refractivity contribution in [1.29, 1.82) is 0 Å². The van der Waals surface area contributed by atoms with Gasteiger partial charge in [-0.1, -0.05) is 84.9 Å². The monoisotopic (exact) mass is 724 g/mol. The Hall–Kier alpha value is -6.28. The fourth-order valence-corrected chi connectivity index (χ4v) is 8.01. The number of rotatable bonds is 4. The van der Waals surface area contributed by atoms with Crippen LogP contribution >= 0.6 is 0 Å². The zero-order valence-corrected chi connectivity index (χ0v) is 29.0. The molecule has 0 N–H and O–H groups in total. The minimum Gasteiger partial charge on any atom is -0.309 e. The fraction of sp³-hybridized carbons (Fsp3) is 0.0870. The van der Waals surface area contributed by atoms with Gasteiger partial charge in [-0.25, -0.2) is 0 Å². The molecule has 0 saturated heterocycles. The van der Waals surface area contributed by atoms with Gasteiger partial charge >= 0.3 is 12.4 Å². The lowest BCUT2D eigenvalue weighted by Gasteiger charge is -2.21. The van der Waals surface area contributed by atoms with E-state index in [-0.39, 0.29) is 0 Å². The van der Waals surface area contributed by atoms with Gasteiger partial charge in [-0.2, -0.15) is 26.3 Å². The van der Waals surface area contributed by atoms with Crippen LogP contribution in [0.15, 0.2) is 146 Å². The number of fused-ring (bicyclic) bond motifs is 6. The molecular formula is C46H30F6N2. The van der Waals surface area contributed by atoms with Gasteiger partial charge in [0.25, 0.3) is 0 Å². The van der Waals surface area contributed by atoms with Crippen LogP contribution in [0.25, 0.3) is 77.2 Å². The Morgan fingerprint density at radius 3 is 0.944 bits per heavy atom. The number of nitrogens with zero attached hydrogens (tertiary/aromatic N) is 2. The highest BCUT2D eigenvalue weighted by Crippen LogP contribution is 2.44. The first-order valence-electron chi connectivity index (χ1n) is 17.4. The minimum absolute atomic E-state index is 0.357. The zero-order chi connectivity index (χ0) is 37.5. The Morgan fingerprint density at radius 1 is 0.352 bits per heavy atom. The van der Waals surface area contributed by atoms with E-state index >= 15 is 0 Å². The quantitative estimate of drug-likeness (QED) is 0.160. The van der Waals surface area contributed by atoms with Crippen molar-refractivity contribution in [2.45, 2.75) is 26.2 Å². The maximum absolute atomic E-state index is 14.4. The van der Waals surface area contributed by atoms with Gasteiger partial charge in [0.2, 0.25) is 0 Å². The first-order valence-corrected chi connectivity index (χ1v) is 17.4. The number of aromatic nitrogens is 2. The minimum atomic E-state index is -4.60. The van der Waals surface area contributed by atoms with E-state index in [9.17, 15) is 26.3 Å². The molecule has 9 rings (SSSR count). The molecule has 0 unspecified atom stereocenters. The van der Waals surface area contributed by atoms with E-state index in [1.807, 2.05) is 106 Å². The van der Waals surface area contributed by atoms with Crippen LogP contribution in [-0.4, -0.2) is 9.13 Å². The molecule has 2 aromatic heterocycles. The Labute approximate surface area is 306 Å². The van der Waals surface area contributed by atoms with Gasteiger partial charge in [0, 0.05) is 32.7 Å². The van der Waals surface area contributed by atoms with Crippen LogP contribution in [0, 0.1) is 13.8 Å². The SMILES string of the molecule is Cc1cc(-c2cc(C(F)(F)F)ccc2-n2c3ccccc3c3ccccc32)c(C)cc1-c1cc(C(F)(F)F)ccc1-n1c2ccccc2c2ccccc21. The first-order chi connectivity index (χ1) is 25.9. The predicted molar refractivity (Wildman–Crippen MR) is 205 cm³/mol. The van der Waals surface area contributed by atoms with Crippen LogP contribution in [0.2, 0.25) is 0 Å². The number of halogens is 6. The van der Waals surface area contributed by atoms with Gasteiger partial charge < -0.3 is 9.13 Å². The van der Waals surface area contributed by atoms with Crippen molar-refractivity contribution in [2.24, 2.45) is 0 Å². The van der Waals surface area contributed by atoms with Gasteiger partial charge in [-0.3, -0.25) is 0 Å². The Bertz CT molecular complexity index is 2630. The van der Waals surface area contributed by atoms with Gasteiger partial charge in [0.05, 0.1) is 44.6 Å². The second-order valence-corrected chi connectivity index (χ2v) is 13.7. The number of para-hydroxylation sites is 4. The van der Waals surface area contributed by atoms with Crippen LogP contribution in [0.4, 0.5) is 26.3 Å². The van der Waals surface area contributed by atoms with Crippen molar-refractivity contribution in [3.8, 4) is 33.6 Å². The number of hydrogen-bond donors (Lipinski definition) is 0. The normalized spacial score (nSPS) is 12.4. The van der Waals surface area contributed by atoms with Crippen LogP contribution in [0.1, 0.15) is 22.3 Å². The molecule has 0 amide bonds. The van der Waals surface area contributed by atoms with Crippen LogP contribution in [0.3, 0.4) is 0 Å². The molecule has 0 bridgehead atoms. The Kier molecular flexibility index (Phi) is 7.54. The molecule has 0 aliphatic rings. The summed E-state index contributed by atoms with van der Waals surface area (Å²) in [6.45, 7) is 3.59. The van der Waals surface area contributed by atoms with Crippen molar-refractivity contribution in [2.75, 3.05) is 0 Å². The molecule has 54 heavy (non-hydrogen) atoms. The van der Waals surface area contributed by atoms with Crippen molar-refractivity contribution in [3.63, 3.8) is 0 Å². The molecule has 0 aliphatic carbocycles. The van der Waals surface area contributed by atoms with Crippen LogP contribution in [-0.2, 0) is 12.4 Å². The Balaban J connectivity index is 1.31. The van der Waals surface area contributed by atoms with E-state index in [0.29, 0.717) is 44.8 Å². The number of hydrogen-bond acceptors (Lipinski definition) is 0. The third kappa shape index (κ3) is 5.27. The summed E-state index contributed by atoms with van der Waals surface area (Å²) in [6, 6.07) is 42.2. The summed E-state index contributed by atoms with van der Waals surface area (Å²) in [6.07, 6.45) is -9.21. The smallest absolute Gasteiger partial charge is 0.309 e. The molecule has 0 atom stereocenters. The Morgan fingerprint density at radius 2 is 0.648 bits per heavy atom. The van der Waals surface area contributed by atoms with Gasteiger partial charge in [0.1, 0.15) is 0 Å². The molecule has 2 heterocycles. The van der Waals surface area contributed by atoms with E-state index < -0.39 is 23.5 Å². The third-order valence-electron chi connectivity index (χ3n) is 10.4. The average Bonchev–Trinajstić information content (AvgIpc) is 3.67. The maximum Gasteiger partial charge on any atom is 0.416 e. The van der Waals surface area contributed by atoms with E-state index in [2.05, 4.69) is 0 Å². The highest BCUT2D eigenvalue weighted by Gasteiger charge is 2.33. The average molecular weight is 725 g/mol. The molecule has 0 radical (unpaired) electrons. The third-order valence-corrected chi connectivity index (χ3v) is 10.4. The van der Waals surface area contributed by atoms with E-state index in [1.54, 1.807) is 26.0 Å². The molecule has 8 heteroatoms. The molecule has 0 saturated carbocycles. The number of aryl methyl sites for hydroxylation is 2. The summed E-state index contributed by atoms with van der Waals surface area (Å²) in [5, 5.41) is 3.85. The maximum atomic E-state index is 14.4. The lowest BCUT2D eigenvalue weighted by Crippen LogP contribution is -2.08. The number of benzene rings is 7. The summed E-state index contributed by atoms with van der Waals surface area (Å²) < 4.78 is 90.1. The largest absolute Gasteiger partial charge is 0.416 e. The molecule has 0 fully saturated rings. The second kappa shape index (κ2) is 12.1. The summed E-state index contributed by atoms with van der Waals surface area (Å²) in [7, 11) is 0. The molecule has 0 aliphatic heterocycles. The van der Waals surface area contributed by atoms with E-state index in [1.165, 1.54) is 24.3 Å². The molecule has 2 nitrogen and oxygen atoms in total. The van der Waals surface area contributed by atoms with Gasteiger partial charge in [-0.05, 0) is 96.8 Å². The summed E-state index contributed by atoms with van der Waals surface area (Å²) in [5.74, 6) is 0. The van der Waals surface area contributed by atoms with Crippen LogP contribution < -0.4 is 0 Å². The highest BCUT2D eigenvalue weighted by atomic mass is 19.4. The fourth-order valence-electron chi connectivity index (χ4n) is 8.01. The van der Waals surface area contributed by atoms with Crippen molar-refractivity contribution >= 4 is 43.6 Å². The highest BCUT2D eigenvalue weighted by molar-refractivity contribution is 6.11. The first kappa shape index (κ1) is 33.5.